The van der Waals surface area contributed by atoms with Crippen LogP contribution in [0.3, 0.4) is 0 Å². The molecule has 1 atom stereocenters. The Balaban J connectivity index is 1.91. The fourth-order valence-corrected chi connectivity index (χ4v) is 3.03. The zero-order valence-electron chi connectivity index (χ0n) is 11.7. The molecular formula is C17H16BrF2N. The van der Waals surface area contributed by atoms with Crippen molar-refractivity contribution in [1.82, 2.24) is 0 Å². The fraction of sp³-hybridized carbons (Fsp3) is 0.294. The molecule has 0 aliphatic heterocycles. The molecule has 0 spiro atoms. The van der Waals surface area contributed by atoms with Crippen LogP contribution in [0.4, 0.5) is 14.5 Å². The number of hydrogen-bond donors (Lipinski definition) is 1. The van der Waals surface area contributed by atoms with Crippen LogP contribution in [-0.4, -0.2) is 0 Å². The molecule has 0 amide bonds. The highest BCUT2D eigenvalue weighted by Gasteiger charge is 2.33. The van der Waals surface area contributed by atoms with E-state index < -0.39 is 11.6 Å². The van der Waals surface area contributed by atoms with Gasteiger partial charge in [0.25, 0.3) is 0 Å². The molecule has 4 heteroatoms. The molecule has 21 heavy (non-hydrogen) atoms. The highest BCUT2D eigenvalue weighted by atomic mass is 79.9. The van der Waals surface area contributed by atoms with E-state index in [2.05, 4.69) is 45.5 Å². The molecule has 0 saturated heterocycles. The van der Waals surface area contributed by atoms with E-state index in [0.29, 0.717) is 16.1 Å². The van der Waals surface area contributed by atoms with E-state index in [4.69, 9.17) is 0 Å². The Bertz CT molecular complexity index is 627. The van der Waals surface area contributed by atoms with Gasteiger partial charge in [-0.15, -0.1) is 0 Å². The van der Waals surface area contributed by atoms with Crippen molar-refractivity contribution in [2.24, 2.45) is 5.92 Å². The minimum atomic E-state index is -0.580. The summed E-state index contributed by atoms with van der Waals surface area (Å²) in [5.41, 5.74) is 2.66. The summed E-state index contributed by atoms with van der Waals surface area (Å²) < 4.78 is 27.6. The molecule has 1 N–H and O–H groups in total. The molecule has 1 fully saturated rings. The summed E-state index contributed by atoms with van der Waals surface area (Å²) in [5, 5.41) is 3.25. The minimum Gasteiger partial charge on any atom is -0.375 e. The third kappa shape index (κ3) is 3.26. The van der Waals surface area contributed by atoms with Crippen LogP contribution in [-0.2, 0) is 0 Å². The number of hydrogen-bond acceptors (Lipinski definition) is 1. The maximum Gasteiger partial charge on any atom is 0.150 e. The van der Waals surface area contributed by atoms with Crippen molar-refractivity contribution in [2.75, 3.05) is 5.32 Å². The van der Waals surface area contributed by atoms with Gasteiger partial charge in [0, 0.05) is 10.5 Å². The monoisotopic (exact) mass is 351 g/mol. The summed E-state index contributed by atoms with van der Waals surface area (Å²) in [6, 6.07) is 10.5. The van der Waals surface area contributed by atoms with Crippen molar-refractivity contribution in [3.63, 3.8) is 0 Å². The smallest absolute Gasteiger partial charge is 0.150 e. The van der Waals surface area contributed by atoms with Gasteiger partial charge < -0.3 is 5.32 Å². The largest absolute Gasteiger partial charge is 0.375 e. The number of halogens is 3. The van der Waals surface area contributed by atoms with E-state index in [1.807, 2.05) is 6.92 Å². The molecule has 1 aliphatic rings. The van der Waals surface area contributed by atoms with E-state index in [9.17, 15) is 8.78 Å². The molecule has 0 bridgehead atoms. The maximum atomic E-state index is 14.0. The van der Waals surface area contributed by atoms with Crippen LogP contribution in [0, 0.1) is 24.5 Å². The number of benzene rings is 2. The Morgan fingerprint density at radius 1 is 1.14 bits per heavy atom. The highest BCUT2D eigenvalue weighted by Crippen LogP contribution is 2.44. The molecule has 110 valence electrons. The quantitative estimate of drug-likeness (QED) is 0.755. The topological polar surface area (TPSA) is 12.0 Å². The van der Waals surface area contributed by atoms with Gasteiger partial charge in [-0.25, -0.2) is 8.78 Å². The zero-order valence-corrected chi connectivity index (χ0v) is 13.3. The normalized spacial score (nSPS) is 15.8. The minimum absolute atomic E-state index is 0.0573. The molecule has 1 saturated carbocycles. The summed E-state index contributed by atoms with van der Waals surface area (Å²) in [6.45, 7) is 2.04. The fourth-order valence-electron chi connectivity index (χ4n) is 2.51. The van der Waals surface area contributed by atoms with Crippen LogP contribution < -0.4 is 5.32 Å². The van der Waals surface area contributed by atoms with Crippen LogP contribution in [0.2, 0.25) is 0 Å². The van der Waals surface area contributed by atoms with Gasteiger partial charge in [0.1, 0.15) is 11.6 Å². The predicted molar refractivity (Wildman–Crippen MR) is 84.3 cm³/mol. The molecule has 1 unspecified atom stereocenters. The Kier molecular flexibility index (Phi) is 3.98. The first kappa shape index (κ1) is 14.5. The summed E-state index contributed by atoms with van der Waals surface area (Å²) in [4.78, 5) is 0. The average Bonchev–Trinajstić information content (AvgIpc) is 3.24. The van der Waals surface area contributed by atoms with Crippen molar-refractivity contribution < 1.29 is 8.78 Å². The molecule has 0 aromatic heterocycles. The standard InChI is InChI=1S/C17H16BrF2N/c1-10-2-4-11(5-3-10)16(12-6-7-12)21-17-14(18)8-13(19)9-15(17)20/h2-5,8-9,12,16,21H,6-7H2,1H3. The Morgan fingerprint density at radius 3 is 2.38 bits per heavy atom. The second-order valence-corrected chi connectivity index (χ2v) is 6.47. The van der Waals surface area contributed by atoms with Crippen molar-refractivity contribution in [2.45, 2.75) is 25.8 Å². The maximum absolute atomic E-state index is 14.0. The lowest BCUT2D eigenvalue weighted by molar-refractivity contribution is 0.578. The van der Waals surface area contributed by atoms with Gasteiger partial charge in [-0.2, -0.15) is 0 Å². The van der Waals surface area contributed by atoms with Crippen molar-refractivity contribution in [1.29, 1.82) is 0 Å². The molecule has 3 rings (SSSR count). The molecule has 0 heterocycles. The molecule has 1 nitrogen and oxygen atoms in total. The number of nitrogens with one attached hydrogen (secondary N) is 1. The van der Waals surface area contributed by atoms with Crippen LogP contribution in [0.1, 0.15) is 30.0 Å². The zero-order chi connectivity index (χ0) is 15.0. The van der Waals surface area contributed by atoms with Crippen molar-refractivity contribution in [3.05, 3.63) is 63.6 Å². The first-order valence-electron chi connectivity index (χ1n) is 7.02. The second-order valence-electron chi connectivity index (χ2n) is 5.61. The Morgan fingerprint density at radius 2 is 1.81 bits per heavy atom. The third-order valence-electron chi connectivity index (χ3n) is 3.84. The van der Waals surface area contributed by atoms with E-state index in [-0.39, 0.29) is 6.04 Å². The molecule has 0 radical (unpaired) electrons. The van der Waals surface area contributed by atoms with E-state index in [1.54, 1.807) is 0 Å². The molecule has 2 aromatic carbocycles. The van der Waals surface area contributed by atoms with Gasteiger partial charge in [-0.1, -0.05) is 29.8 Å². The highest BCUT2D eigenvalue weighted by molar-refractivity contribution is 9.10. The van der Waals surface area contributed by atoms with E-state index in [0.717, 1.165) is 24.5 Å². The molecular weight excluding hydrogens is 336 g/mol. The van der Waals surface area contributed by atoms with Crippen molar-refractivity contribution >= 4 is 21.6 Å². The van der Waals surface area contributed by atoms with Gasteiger partial charge >= 0.3 is 0 Å². The number of aryl methyl sites for hydroxylation is 1. The van der Waals surface area contributed by atoms with Crippen LogP contribution in [0.15, 0.2) is 40.9 Å². The number of anilines is 1. The summed E-state index contributed by atoms with van der Waals surface area (Å²) in [5.74, 6) is -0.646. The lowest BCUT2D eigenvalue weighted by Gasteiger charge is -2.21. The number of rotatable bonds is 4. The third-order valence-corrected chi connectivity index (χ3v) is 4.46. The average molecular weight is 352 g/mol. The van der Waals surface area contributed by atoms with E-state index in [1.165, 1.54) is 11.6 Å². The van der Waals surface area contributed by atoms with Crippen LogP contribution in [0.25, 0.3) is 0 Å². The summed E-state index contributed by atoms with van der Waals surface area (Å²) in [7, 11) is 0. The summed E-state index contributed by atoms with van der Waals surface area (Å²) in [6.07, 6.45) is 2.26. The van der Waals surface area contributed by atoms with Gasteiger partial charge in [0.05, 0.1) is 11.7 Å². The van der Waals surface area contributed by atoms with Gasteiger partial charge in [0.2, 0.25) is 0 Å². The first-order chi connectivity index (χ1) is 10.0. The predicted octanol–water partition coefficient (Wildman–Crippen LogP) is 5.60. The van der Waals surface area contributed by atoms with Gasteiger partial charge in [-0.05, 0) is 53.2 Å². The van der Waals surface area contributed by atoms with Crippen LogP contribution >= 0.6 is 15.9 Å². The second kappa shape index (κ2) is 5.76. The van der Waals surface area contributed by atoms with E-state index >= 15 is 0 Å². The molecule has 2 aromatic rings. The van der Waals surface area contributed by atoms with Gasteiger partial charge in [0.15, 0.2) is 0 Å². The molecule has 1 aliphatic carbocycles. The SMILES string of the molecule is Cc1ccc(C(Nc2c(F)cc(F)cc2Br)C2CC2)cc1. The lowest BCUT2D eigenvalue weighted by Crippen LogP contribution is -2.14. The van der Waals surface area contributed by atoms with Crippen LogP contribution in [0.5, 0.6) is 0 Å². The van der Waals surface area contributed by atoms with Crippen molar-refractivity contribution in [3.8, 4) is 0 Å². The summed E-state index contributed by atoms with van der Waals surface area (Å²) >= 11 is 3.24. The lowest BCUT2D eigenvalue weighted by atomic mass is 10.0. The first-order valence-corrected chi connectivity index (χ1v) is 7.81. The van der Waals surface area contributed by atoms with Gasteiger partial charge in [-0.3, -0.25) is 0 Å². The Hall–Kier alpha value is -1.42. The Labute approximate surface area is 131 Å².